The summed E-state index contributed by atoms with van der Waals surface area (Å²) in [6, 6.07) is 4.68. The first-order valence-corrected chi connectivity index (χ1v) is 12.2. The smallest absolute Gasteiger partial charge is 0.493 e. The van der Waals surface area contributed by atoms with Gasteiger partial charge in [-0.05, 0) is 42.8 Å². The van der Waals surface area contributed by atoms with Crippen LogP contribution in [0.4, 0.5) is 18.9 Å². The van der Waals surface area contributed by atoms with Crippen LogP contribution in [0.2, 0.25) is 0 Å². The molecule has 0 saturated heterocycles. The van der Waals surface area contributed by atoms with Gasteiger partial charge in [0.2, 0.25) is 5.88 Å². The number of anilines is 1. The van der Waals surface area contributed by atoms with Gasteiger partial charge >= 0.3 is 11.2 Å². The molecule has 0 unspecified atom stereocenters. The molecule has 0 bridgehead atoms. The summed E-state index contributed by atoms with van der Waals surface area (Å²) in [5, 5.41) is 10.5. The van der Waals surface area contributed by atoms with E-state index in [-0.39, 0.29) is 23.6 Å². The SMILES string of the molecule is CNS(=O)(=O)Nc1cnccc1Cn1c(C)c(O)n(-c2ccc(S(=O)(=O)C(F)(F)F)cc2)c1=O. The highest BCUT2D eigenvalue weighted by molar-refractivity contribution is 7.92. The number of alkyl halides is 3. The summed E-state index contributed by atoms with van der Waals surface area (Å²) in [7, 11) is -8.28. The van der Waals surface area contributed by atoms with Crippen molar-refractivity contribution in [1.82, 2.24) is 18.8 Å². The van der Waals surface area contributed by atoms with Crippen LogP contribution in [0.5, 0.6) is 5.88 Å². The Balaban J connectivity index is 2.03. The van der Waals surface area contributed by atoms with E-state index in [0.29, 0.717) is 17.7 Å². The van der Waals surface area contributed by atoms with Crippen LogP contribution in [0.25, 0.3) is 5.69 Å². The summed E-state index contributed by atoms with van der Waals surface area (Å²) in [6.45, 7) is 1.20. The highest BCUT2D eigenvalue weighted by atomic mass is 32.2. The lowest BCUT2D eigenvalue weighted by molar-refractivity contribution is -0.0436. The van der Waals surface area contributed by atoms with Gasteiger partial charge in [-0.3, -0.25) is 14.3 Å². The van der Waals surface area contributed by atoms with Crippen molar-refractivity contribution >= 4 is 25.7 Å². The van der Waals surface area contributed by atoms with E-state index in [1.807, 2.05) is 0 Å². The molecule has 0 atom stereocenters. The van der Waals surface area contributed by atoms with Gasteiger partial charge < -0.3 is 5.11 Å². The second-order valence-corrected chi connectivity index (χ2v) is 10.5. The molecule has 1 aromatic carbocycles. The highest BCUT2D eigenvalue weighted by Gasteiger charge is 2.46. The average molecular weight is 521 g/mol. The molecular formula is C18H18F3N5O6S2. The first-order valence-electron chi connectivity index (χ1n) is 9.26. The Morgan fingerprint density at radius 3 is 2.26 bits per heavy atom. The summed E-state index contributed by atoms with van der Waals surface area (Å²) in [5.41, 5.74) is -5.93. The zero-order chi connectivity index (χ0) is 25.5. The molecule has 184 valence electrons. The fourth-order valence-corrected chi connectivity index (χ4v) is 4.32. The fourth-order valence-electron chi connectivity index (χ4n) is 2.98. The normalized spacial score (nSPS) is 12.6. The number of nitrogens with one attached hydrogen (secondary N) is 2. The van der Waals surface area contributed by atoms with Crippen LogP contribution in [-0.2, 0) is 26.6 Å². The number of imidazole rings is 1. The number of rotatable bonds is 7. The van der Waals surface area contributed by atoms with Crippen LogP contribution in [-0.4, -0.2) is 48.6 Å². The summed E-state index contributed by atoms with van der Waals surface area (Å²) >= 11 is 0. The van der Waals surface area contributed by atoms with Crippen molar-refractivity contribution in [3.05, 3.63) is 64.5 Å². The van der Waals surface area contributed by atoms with Crippen LogP contribution >= 0.6 is 0 Å². The van der Waals surface area contributed by atoms with E-state index in [4.69, 9.17) is 0 Å². The number of aromatic hydroxyl groups is 1. The number of pyridine rings is 1. The van der Waals surface area contributed by atoms with Gasteiger partial charge in [-0.25, -0.2) is 22.5 Å². The molecular weight excluding hydrogens is 503 g/mol. The lowest BCUT2D eigenvalue weighted by atomic mass is 10.2. The minimum atomic E-state index is -5.58. The number of benzene rings is 1. The lowest BCUT2D eigenvalue weighted by Gasteiger charge is -2.12. The molecule has 3 rings (SSSR count). The van der Waals surface area contributed by atoms with Crippen LogP contribution in [0.3, 0.4) is 0 Å². The van der Waals surface area contributed by atoms with Crippen molar-refractivity contribution in [3.8, 4) is 11.6 Å². The molecule has 0 aliphatic heterocycles. The third kappa shape index (κ3) is 4.64. The first-order chi connectivity index (χ1) is 15.7. The Morgan fingerprint density at radius 1 is 1.09 bits per heavy atom. The number of hydrogen-bond donors (Lipinski definition) is 3. The maximum absolute atomic E-state index is 13.0. The molecule has 2 heterocycles. The number of halogens is 3. The molecule has 0 spiro atoms. The summed E-state index contributed by atoms with van der Waals surface area (Å²) < 4.78 is 91.2. The van der Waals surface area contributed by atoms with Gasteiger partial charge in [0.15, 0.2) is 0 Å². The molecule has 11 nitrogen and oxygen atoms in total. The summed E-state index contributed by atoms with van der Waals surface area (Å²) in [5.74, 6) is -0.539. The van der Waals surface area contributed by atoms with Crippen LogP contribution < -0.4 is 15.1 Å². The van der Waals surface area contributed by atoms with Crippen LogP contribution in [0.1, 0.15) is 11.3 Å². The first kappa shape index (κ1) is 25.3. The van der Waals surface area contributed by atoms with E-state index in [0.717, 1.165) is 21.3 Å². The Labute approximate surface area is 191 Å². The van der Waals surface area contributed by atoms with Gasteiger partial charge in [0.05, 0.1) is 34.7 Å². The Bertz CT molecular complexity index is 1490. The number of sulfone groups is 1. The quantitative estimate of drug-likeness (QED) is 0.423. The molecule has 2 aromatic heterocycles. The molecule has 0 fully saturated rings. The van der Waals surface area contributed by atoms with Crippen molar-refractivity contribution in [2.24, 2.45) is 0 Å². The zero-order valence-electron chi connectivity index (χ0n) is 17.5. The van der Waals surface area contributed by atoms with Crippen molar-refractivity contribution < 1.29 is 35.1 Å². The predicted molar refractivity (Wildman–Crippen MR) is 115 cm³/mol. The van der Waals surface area contributed by atoms with Crippen molar-refractivity contribution in [1.29, 1.82) is 0 Å². The van der Waals surface area contributed by atoms with Crippen LogP contribution in [0.15, 0.2) is 52.4 Å². The van der Waals surface area contributed by atoms with E-state index in [1.165, 1.54) is 32.4 Å². The molecule has 0 radical (unpaired) electrons. The van der Waals surface area contributed by atoms with E-state index in [9.17, 15) is 39.9 Å². The maximum atomic E-state index is 13.0. The Hall–Kier alpha value is -3.37. The minimum absolute atomic E-state index is 0.0659. The van der Waals surface area contributed by atoms with Crippen molar-refractivity contribution in [3.63, 3.8) is 0 Å². The zero-order valence-corrected chi connectivity index (χ0v) is 19.2. The van der Waals surface area contributed by atoms with Gasteiger partial charge in [0.1, 0.15) is 0 Å². The van der Waals surface area contributed by atoms with E-state index in [2.05, 4.69) is 14.4 Å². The van der Waals surface area contributed by atoms with Gasteiger partial charge in [-0.2, -0.15) is 21.6 Å². The van der Waals surface area contributed by atoms with Gasteiger partial charge in [0, 0.05) is 13.2 Å². The molecule has 0 aliphatic carbocycles. The monoisotopic (exact) mass is 521 g/mol. The molecule has 0 saturated carbocycles. The molecule has 0 amide bonds. The minimum Gasteiger partial charge on any atom is -0.493 e. The molecule has 0 aliphatic rings. The standard InChI is InChI=1S/C18H18F3N5O6S2/c1-11-16(27)26(13-3-5-14(6-4-13)33(29,30)18(19,20)21)17(28)25(11)10-12-7-8-23-9-15(12)24-34(31,32)22-2/h3-9,22,24,27H,10H2,1-2H3. The Morgan fingerprint density at radius 2 is 1.71 bits per heavy atom. The second kappa shape index (κ2) is 8.77. The van der Waals surface area contributed by atoms with E-state index in [1.54, 1.807) is 0 Å². The van der Waals surface area contributed by atoms with E-state index >= 15 is 0 Å². The molecule has 16 heteroatoms. The highest BCUT2D eigenvalue weighted by Crippen LogP contribution is 2.31. The largest absolute Gasteiger partial charge is 0.501 e. The van der Waals surface area contributed by atoms with Gasteiger partial charge in [-0.1, -0.05) is 0 Å². The molecule has 3 aromatic rings. The fraction of sp³-hybridized carbons (Fsp3) is 0.222. The number of aromatic nitrogens is 3. The number of nitrogens with zero attached hydrogens (tertiary/aromatic N) is 3. The third-order valence-corrected chi connectivity index (χ3v) is 7.35. The van der Waals surface area contributed by atoms with Crippen molar-refractivity contribution in [2.45, 2.75) is 23.9 Å². The Kier molecular flexibility index (Phi) is 6.51. The second-order valence-electron chi connectivity index (χ2n) is 6.90. The average Bonchev–Trinajstić information content (AvgIpc) is 2.97. The summed E-state index contributed by atoms with van der Waals surface area (Å²) in [6.07, 6.45) is 2.59. The van der Waals surface area contributed by atoms with Gasteiger partial charge in [0.25, 0.3) is 20.0 Å². The molecule has 3 N–H and O–H groups in total. The summed E-state index contributed by atoms with van der Waals surface area (Å²) in [4.78, 5) is 15.8. The maximum Gasteiger partial charge on any atom is 0.501 e. The van der Waals surface area contributed by atoms with Crippen LogP contribution in [0, 0.1) is 6.92 Å². The van der Waals surface area contributed by atoms with E-state index < -0.39 is 42.0 Å². The predicted octanol–water partition coefficient (Wildman–Crippen LogP) is 1.27. The topological polar surface area (TPSA) is 152 Å². The number of hydrogen-bond acceptors (Lipinski definition) is 7. The lowest BCUT2D eigenvalue weighted by Crippen LogP contribution is -2.28. The molecule has 34 heavy (non-hydrogen) atoms. The van der Waals surface area contributed by atoms with Crippen molar-refractivity contribution in [2.75, 3.05) is 11.8 Å². The third-order valence-electron chi connectivity index (χ3n) is 4.83. The van der Waals surface area contributed by atoms with Gasteiger partial charge in [-0.15, -0.1) is 0 Å².